The van der Waals surface area contributed by atoms with Crippen LogP contribution in [0.25, 0.3) is 0 Å². The molecule has 3 rings (SSSR count). The van der Waals surface area contributed by atoms with Gasteiger partial charge in [0.1, 0.15) is 5.00 Å². The largest absolute Gasteiger partial charge is 0.385 e. The quantitative estimate of drug-likeness (QED) is 0.900. The molecule has 2 heterocycles. The topological polar surface area (TPSA) is 84.0 Å². The first-order valence-corrected chi connectivity index (χ1v) is 8.08. The summed E-state index contributed by atoms with van der Waals surface area (Å²) in [4.78, 5) is 0.267. The fraction of sp³-hybridized carbons (Fsp3) is 0.273. The third-order valence-electron chi connectivity index (χ3n) is 2.92. The molecular formula is C11H12N4O2S2. The highest BCUT2D eigenvalue weighted by Gasteiger charge is 2.18. The summed E-state index contributed by atoms with van der Waals surface area (Å²) < 4.78 is 30.5. The van der Waals surface area contributed by atoms with Crippen LogP contribution in [0, 0.1) is 0 Å². The number of nitrogens with one attached hydrogen (secondary N) is 2. The maximum absolute atomic E-state index is 12.2. The van der Waals surface area contributed by atoms with E-state index in [1.165, 1.54) is 6.20 Å². The second kappa shape index (κ2) is 4.78. The summed E-state index contributed by atoms with van der Waals surface area (Å²) in [7, 11) is -3.56. The predicted molar refractivity (Wildman–Crippen MR) is 74.0 cm³/mol. The summed E-state index contributed by atoms with van der Waals surface area (Å²) >= 11 is 1.01. The molecule has 0 radical (unpaired) electrons. The van der Waals surface area contributed by atoms with Gasteiger partial charge in [-0.2, -0.15) is 0 Å². The summed E-state index contributed by atoms with van der Waals surface area (Å²) in [5.41, 5.74) is 2.06. The number of fused-ring (bicyclic) bond motifs is 1. The van der Waals surface area contributed by atoms with Crippen molar-refractivity contribution in [1.29, 1.82) is 0 Å². The Labute approximate surface area is 115 Å². The zero-order valence-corrected chi connectivity index (χ0v) is 11.6. The lowest BCUT2D eigenvalue weighted by atomic mass is 10.0. The van der Waals surface area contributed by atoms with Crippen LogP contribution in [0.1, 0.15) is 12.0 Å². The molecule has 0 unspecified atom stereocenters. The molecule has 0 fully saturated rings. The number of anilines is 2. The first-order chi connectivity index (χ1) is 9.15. The van der Waals surface area contributed by atoms with Gasteiger partial charge in [-0.15, -0.1) is 5.10 Å². The highest BCUT2D eigenvalue weighted by Crippen LogP contribution is 2.26. The van der Waals surface area contributed by atoms with Gasteiger partial charge in [0.15, 0.2) is 0 Å². The standard InChI is InChI=1S/C11H12N4O2S2/c16-19(17,14-11-7-13-15-18-11)9-3-4-10-8(6-9)2-1-5-12-10/h3-4,6-7,12,14H,1-2,5H2. The van der Waals surface area contributed by atoms with E-state index in [-0.39, 0.29) is 4.90 Å². The Morgan fingerprint density at radius 2 is 2.26 bits per heavy atom. The summed E-state index contributed by atoms with van der Waals surface area (Å²) in [6.07, 6.45) is 3.30. The first kappa shape index (κ1) is 12.4. The molecule has 2 aromatic rings. The van der Waals surface area contributed by atoms with Crippen LogP contribution in [-0.4, -0.2) is 24.5 Å². The molecule has 2 N–H and O–H groups in total. The third-order valence-corrected chi connectivity index (χ3v) is 4.99. The van der Waals surface area contributed by atoms with Crippen LogP contribution >= 0.6 is 11.5 Å². The normalized spacial score (nSPS) is 14.5. The van der Waals surface area contributed by atoms with Crippen molar-refractivity contribution in [3.8, 4) is 0 Å². The Balaban J connectivity index is 1.93. The lowest BCUT2D eigenvalue weighted by Crippen LogP contribution is -2.15. The molecule has 19 heavy (non-hydrogen) atoms. The molecule has 8 heteroatoms. The van der Waals surface area contributed by atoms with Crippen LogP contribution in [0.3, 0.4) is 0 Å². The Morgan fingerprint density at radius 3 is 3.05 bits per heavy atom. The van der Waals surface area contributed by atoms with Gasteiger partial charge < -0.3 is 5.32 Å². The molecule has 0 bridgehead atoms. The van der Waals surface area contributed by atoms with E-state index in [2.05, 4.69) is 19.6 Å². The predicted octanol–water partition coefficient (Wildman–Crippen LogP) is 1.70. The second-order valence-corrected chi connectivity index (χ2v) is 6.70. The molecule has 1 aliphatic heterocycles. The molecule has 0 aliphatic carbocycles. The third kappa shape index (κ3) is 2.54. The molecule has 0 atom stereocenters. The molecule has 1 aliphatic rings. The van der Waals surface area contributed by atoms with Gasteiger partial charge in [0.25, 0.3) is 10.0 Å². The van der Waals surface area contributed by atoms with Crippen molar-refractivity contribution in [2.24, 2.45) is 0 Å². The second-order valence-electron chi connectivity index (χ2n) is 4.24. The molecular weight excluding hydrogens is 284 g/mol. The van der Waals surface area contributed by atoms with Crippen molar-refractivity contribution < 1.29 is 8.42 Å². The Morgan fingerprint density at radius 1 is 1.37 bits per heavy atom. The summed E-state index contributed by atoms with van der Waals surface area (Å²) in [6.45, 7) is 0.934. The van der Waals surface area contributed by atoms with Crippen molar-refractivity contribution in [1.82, 2.24) is 9.59 Å². The monoisotopic (exact) mass is 296 g/mol. The maximum atomic E-state index is 12.2. The molecule has 100 valence electrons. The molecule has 0 saturated carbocycles. The van der Waals surface area contributed by atoms with E-state index in [0.29, 0.717) is 5.00 Å². The van der Waals surface area contributed by atoms with Crippen molar-refractivity contribution in [3.05, 3.63) is 30.0 Å². The van der Waals surface area contributed by atoms with Gasteiger partial charge in [-0.1, -0.05) is 4.49 Å². The van der Waals surface area contributed by atoms with Gasteiger partial charge >= 0.3 is 0 Å². The highest BCUT2D eigenvalue weighted by atomic mass is 32.2. The van der Waals surface area contributed by atoms with Crippen molar-refractivity contribution in [2.75, 3.05) is 16.6 Å². The Bertz CT molecular complexity index is 683. The number of aromatic nitrogens is 2. The molecule has 0 saturated heterocycles. The highest BCUT2D eigenvalue weighted by molar-refractivity contribution is 7.93. The fourth-order valence-corrected chi connectivity index (χ4v) is 3.76. The Kier molecular flexibility index (Phi) is 3.11. The van der Waals surface area contributed by atoms with Gasteiger partial charge in [0.2, 0.25) is 0 Å². The van der Waals surface area contributed by atoms with Crippen LogP contribution in [-0.2, 0) is 16.4 Å². The zero-order chi connectivity index (χ0) is 13.3. The minimum absolute atomic E-state index is 0.267. The van der Waals surface area contributed by atoms with Gasteiger partial charge in [0, 0.05) is 23.8 Å². The van der Waals surface area contributed by atoms with Crippen LogP contribution in [0.2, 0.25) is 0 Å². The first-order valence-electron chi connectivity index (χ1n) is 5.82. The lowest BCUT2D eigenvalue weighted by molar-refractivity contribution is 0.601. The smallest absolute Gasteiger partial charge is 0.262 e. The van der Waals surface area contributed by atoms with Gasteiger partial charge in [0.05, 0.1) is 11.1 Å². The van der Waals surface area contributed by atoms with E-state index in [0.717, 1.165) is 42.2 Å². The maximum Gasteiger partial charge on any atom is 0.262 e. The van der Waals surface area contributed by atoms with Gasteiger partial charge in [-0.25, -0.2) is 8.42 Å². The number of rotatable bonds is 3. The fourth-order valence-electron chi connectivity index (χ4n) is 2.02. The molecule has 1 aromatic carbocycles. The summed E-state index contributed by atoms with van der Waals surface area (Å²) in [6, 6.07) is 5.14. The van der Waals surface area contributed by atoms with Crippen molar-refractivity contribution in [2.45, 2.75) is 17.7 Å². The average Bonchev–Trinajstić information content (AvgIpc) is 2.90. The van der Waals surface area contributed by atoms with E-state index in [9.17, 15) is 8.42 Å². The van der Waals surface area contributed by atoms with E-state index >= 15 is 0 Å². The number of hydrogen-bond acceptors (Lipinski definition) is 6. The molecule has 6 nitrogen and oxygen atoms in total. The van der Waals surface area contributed by atoms with Gasteiger partial charge in [-0.05, 0) is 36.6 Å². The van der Waals surface area contributed by atoms with Gasteiger partial charge in [-0.3, -0.25) is 4.72 Å². The number of sulfonamides is 1. The van der Waals surface area contributed by atoms with Crippen molar-refractivity contribution in [3.63, 3.8) is 0 Å². The number of hydrogen-bond donors (Lipinski definition) is 2. The van der Waals surface area contributed by atoms with Crippen LogP contribution < -0.4 is 10.0 Å². The summed E-state index contributed by atoms with van der Waals surface area (Å²) in [5.74, 6) is 0. The lowest BCUT2D eigenvalue weighted by Gasteiger charge is -2.18. The SMILES string of the molecule is O=S(=O)(Nc1cnns1)c1ccc2c(c1)CCCN2. The van der Waals surface area contributed by atoms with Crippen LogP contribution in [0.15, 0.2) is 29.3 Å². The van der Waals surface area contributed by atoms with Crippen LogP contribution in [0.4, 0.5) is 10.7 Å². The molecule has 0 spiro atoms. The summed E-state index contributed by atoms with van der Waals surface area (Å²) in [5, 5.41) is 7.27. The number of aryl methyl sites for hydroxylation is 1. The Hall–Kier alpha value is -1.67. The number of nitrogens with zero attached hydrogens (tertiary/aromatic N) is 2. The number of benzene rings is 1. The van der Waals surface area contributed by atoms with E-state index in [1.54, 1.807) is 12.1 Å². The molecule has 0 amide bonds. The van der Waals surface area contributed by atoms with E-state index in [1.807, 2.05) is 6.07 Å². The minimum atomic E-state index is -3.56. The van der Waals surface area contributed by atoms with Crippen LogP contribution in [0.5, 0.6) is 0 Å². The van der Waals surface area contributed by atoms with E-state index < -0.39 is 10.0 Å². The van der Waals surface area contributed by atoms with Crippen molar-refractivity contribution >= 4 is 32.2 Å². The molecule has 1 aromatic heterocycles. The minimum Gasteiger partial charge on any atom is -0.385 e. The zero-order valence-electron chi connectivity index (χ0n) is 9.96. The average molecular weight is 296 g/mol. The van der Waals surface area contributed by atoms with E-state index in [4.69, 9.17) is 0 Å².